The monoisotopic (exact) mass is 264 g/mol. The summed E-state index contributed by atoms with van der Waals surface area (Å²) in [6.07, 6.45) is 0. The van der Waals surface area contributed by atoms with Crippen LogP contribution in [-0.2, 0) is 0 Å². The molecule has 2 rings (SSSR count). The van der Waals surface area contributed by atoms with Gasteiger partial charge in [0.15, 0.2) is 0 Å². The predicted octanol–water partition coefficient (Wildman–Crippen LogP) is 3.93. The average Bonchev–Trinajstić information content (AvgIpc) is 2.33. The summed E-state index contributed by atoms with van der Waals surface area (Å²) >= 11 is 0. The van der Waals surface area contributed by atoms with Crippen molar-refractivity contribution >= 4 is 17.1 Å². The maximum atomic E-state index is 13.2. The molecule has 1 N–H and O–H groups in total. The third-order valence-electron chi connectivity index (χ3n) is 2.54. The van der Waals surface area contributed by atoms with Gasteiger partial charge in [0.1, 0.15) is 11.6 Å². The summed E-state index contributed by atoms with van der Waals surface area (Å²) in [5.41, 5.74) is 0.841. The van der Waals surface area contributed by atoms with Crippen LogP contribution >= 0.6 is 0 Å². The molecule has 2 aromatic rings. The van der Waals surface area contributed by atoms with E-state index in [1.807, 2.05) is 0 Å². The Morgan fingerprint density at radius 3 is 2.47 bits per heavy atom. The van der Waals surface area contributed by atoms with Gasteiger partial charge in [0.25, 0.3) is 5.69 Å². The van der Waals surface area contributed by atoms with Gasteiger partial charge in [-0.1, -0.05) is 0 Å². The van der Waals surface area contributed by atoms with Crippen molar-refractivity contribution in [1.82, 2.24) is 0 Å². The van der Waals surface area contributed by atoms with Gasteiger partial charge in [-0.15, -0.1) is 0 Å². The maximum absolute atomic E-state index is 13.2. The minimum atomic E-state index is -0.712. The second-order valence-corrected chi connectivity index (χ2v) is 4.04. The zero-order valence-electron chi connectivity index (χ0n) is 9.98. The first-order chi connectivity index (χ1) is 8.95. The second kappa shape index (κ2) is 5.01. The van der Waals surface area contributed by atoms with E-state index in [2.05, 4.69) is 5.32 Å². The van der Waals surface area contributed by atoms with E-state index in [1.54, 1.807) is 6.92 Å². The molecule has 0 amide bonds. The number of halogens is 2. The van der Waals surface area contributed by atoms with Crippen molar-refractivity contribution in [3.05, 3.63) is 63.7 Å². The van der Waals surface area contributed by atoms with Crippen LogP contribution in [-0.4, -0.2) is 4.92 Å². The highest BCUT2D eigenvalue weighted by atomic mass is 19.1. The fourth-order valence-electron chi connectivity index (χ4n) is 1.64. The number of non-ortho nitro benzene ring substituents is 1. The molecule has 0 aromatic heterocycles. The third-order valence-corrected chi connectivity index (χ3v) is 2.54. The number of hydrogen-bond donors (Lipinski definition) is 1. The number of nitrogens with zero attached hydrogens (tertiary/aromatic N) is 1. The number of rotatable bonds is 3. The normalized spacial score (nSPS) is 10.3. The molecule has 0 unspecified atom stereocenters. The van der Waals surface area contributed by atoms with E-state index in [4.69, 9.17) is 0 Å². The first-order valence-electron chi connectivity index (χ1n) is 5.44. The van der Waals surface area contributed by atoms with Gasteiger partial charge in [-0.2, -0.15) is 0 Å². The van der Waals surface area contributed by atoms with Crippen LogP contribution in [0.5, 0.6) is 0 Å². The van der Waals surface area contributed by atoms with Crippen molar-refractivity contribution in [2.75, 3.05) is 5.32 Å². The highest BCUT2D eigenvalue weighted by Crippen LogP contribution is 2.24. The molecule has 0 fully saturated rings. The Morgan fingerprint density at radius 1 is 1.11 bits per heavy atom. The summed E-state index contributed by atoms with van der Waals surface area (Å²) < 4.78 is 26.3. The highest BCUT2D eigenvalue weighted by molar-refractivity contribution is 5.63. The number of nitro groups is 1. The Bertz CT molecular complexity index is 645. The summed E-state index contributed by atoms with van der Waals surface area (Å²) in [6, 6.07) is 7.45. The molecule has 0 saturated heterocycles. The quantitative estimate of drug-likeness (QED) is 0.675. The molecule has 0 heterocycles. The molecule has 0 radical (unpaired) electrons. The molecule has 0 aliphatic heterocycles. The van der Waals surface area contributed by atoms with Crippen molar-refractivity contribution in [1.29, 1.82) is 0 Å². The van der Waals surface area contributed by atoms with E-state index in [0.29, 0.717) is 11.3 Å². The van der Waals surface area contributed by atoms with Crippen LogP contribution in [0.25, 0.3) is 0 Å². The smallest absolute Gasteiger partial charge is 0.274 e. The van der Waals surface area contributed by atoms with Gasteiger partial charge in [-0.05, 0) is 36.8 Å². The topological polar surface area (TPSA) is 55.2 Å². The zero-order valence-corrected chi connectivity index (χ0v) is 9.98. The van der Waals surface area contributed by atoms with Crippen LogP contribution in [0, 0.1) is 28.7 Å². The van der Waals surface area contributed by atoms with Crippen LogP contribution in [0.4, 0.5) is 25.8 Å². The number of aryl methyl sites for hydroxylation is 1. The Hall–Kier alpha value is -2.50. The van der Waals surface area contributed by atoms with E-state index in [1.165, 1.54) is 24.3 Å². The number of nitrogens with one attached hydrogen (secondary N) is 1. The van der Waals surface area contributed by atoms with Gasteiger partial charge in [0.2, 0.25) is 0 Å². The van der Waals surface area contributed by atoms with Gasteiger partial charge in [-0.3, -0.25) is 10.1 Å². The molecular formula is C13H10F2N2O2. The minimum absolute atomic E-state index is 0.234. The number of hydrogen-bond acceptors (Lipinski definition) is 3. The van der Waals surface area contributed by atoms with Gasteiger partial charge >= 0.3 is 0 Å². The van der Waals surface area contributed by atoms with Gasteiger partial charge < -0.3 is 5.32 Å². The molecule has 4 nitrogen and oxygen atoms in total. The van der Waals surface area contributed by atoms with Crippen LogP contribution < -0.4 is 5.32 Å². The first-order valence-corrected chi connectivity index (χ1v) is 5.44. The summed E-state index contributed by atoms with van der Waals surface area (Å²) in [5.74, 6) is -1.06. The molecule has 0 bridgehead atoms. The van der Waals surface area contributed by atoms with Crippen molar-refractivity contribution in [2.24, 2.45) is 0 Å². The van der Waals surface area contributed by atoms with Crippen molar-refractivity contribution < 1.29 is 13.7 Å². The van der Waals surface area contributed by atoms with Crippen molar-refractivity contribution in [3.8, 4) is 0 Å². The predicted molar refractivity (Wildman–Crippen MR) is 67.5 cm³/mol. The van der Waals surface area contributed by atoms with Crippen LogP contribution in [0.15, 0.2) is 36.4 Å². The molecule has 0 atom stereocenters. The largest absolute Gasteiger partial charge is 0.355 e. The van der Waals surface area contributed by atoms with Gasteiger partial charge in [0, 0.05) is 17.4 Å². The lowest BCUT2D eigenvalue weighted by atomic mass is 10.2. The molecule has 0 spiro atoms. The average molecular weight is 264 g/mol. The summed E-state index contributed by atoms with van der Waals surface area (Å²) in [5, 5.41) is 13.4. The fraction of sp³-hybridized carbons (Fsp3) is 0.0769. The molecule has 6 heteroatoms. The second-order valence-electron chi connectivity index (χ2n) is 4.04. The standard InChI is InChI=1S/C13H10F2N2O2/c1-8-4-10(2-3-13(8)15)16-11-5-9(14)6-12(7-11)17(18)19/h2-7,16H,1H3. The fourth-order valence-corrected chi connectivity index (χ4v) is 1.64. The summed E-state index contributed by atoms with van der Waals surface area (Å²) in [7, 11) is 0. The third kappa shape index (κ3) is 3.04. The SMILES string of the molecule is Cc1cc(Nc2cc(F)cc([N+](=O)[O-])c2)ccc1F. The maximum Gasteiger partial charge on any atom is 0.274 e. The molecule has 0 saturated carbocycles. The number of benzene rings is 2. The van der Waals surface area contributed by atoms with Gasteiger partial charge in [-0.25, -0.2) is 8.78 Å². The van der Waals surface area contributed by atoms with Crippen LogP contribution in [0.1, 0.15) is 5.56 Å². The van der Waals surface area contributed by atoms with Crippen LogP contribution in [0.2, 0.25) is 0 Å². The lowest BCUT2D eigenvalue weighted by Crippen LogP contribution is -1.95. The number of nitro benzene ring substituents is 1. The molecule has 98 valence electrons. The van der Waals surface area contributed by atoms with Crippen molar-refractivity contribution in [2.45, 2.75) is 6.92 Å². The van der Waals surface area contributed by atoms with E-state index in [9.17, 15) is 18.9 Å². The van der Waals surface area contributed by atoms with E-state index in [-0.39, 0.29) is 17.2 Å². The highest BCUT2D eigenvalue weighted by Gasteiger charge is 2.10. The van der Waals surface area contributed by atoms with Gasteiger partial charge in [0.05, 0.1) is 11.0 Å². The molecule has 19 heavy (non-hydrogen) atoms. The molecule has 2 aromatic carbocycles. The summed E-state index contributed by atoms with van der Waals surface area (Å²) in [6.45, 7) is 1.59. The Balaban J connectivity index is 2.32. The van der Waals surface area contributed by atoms with Crippen molar-refractivity contribution in [3.63, 3.8) is 0 Å². The van der Waals surface area contributed by atoms with E-state index >= 15 is 0 Å². The minimum Gasteiger partial charge on any atom is -0.355 e. The Morgan fingerprint density at radius 2 is 1.84 bits per heavy atom. The number of anilines is 2. The first kappa shape index (κ1) is 12.9. The summed E-state index contributed by atoms with van der Waals surface area (Å²) in [4.78, 5) is 9.94. The van der Waals surface area contributed by atoms with E-state index in [0.717, 1.165) is 12.1 Å². The lowest BCUT2D eigenvalue weighted by Gasteiger charge is -2.07. The van der Waals surface area contributed by atoms with Crippen LogP contribution in [0.3, 0.4) is 0 Å². The zero-order chi connectivity index (χ0) is 14.0. The molecule has 0 aliphatic carbocycles. The Labute approximate surface area is 107 Å². The van der Waals surface area contributed by atoms with E-state index < -0.39 is 10.7 Å². The Kier molecular flexibility index (Phi) is 3.41. The molecular weight excluding hydrogens is 254 g/mol. The lowest BCUT2D eigenvalue weighted by molar-refractivity contribution is -0.385. The molecule has 0 aliphatic rings.